The number of amides is 1. The Balaban J connectivity index is 1.25. The summed E-state index contributed by atoms with van der Waals surface area (Å²) in [7, 11) is 0. The minimum atomic E-state index is -0.163. The molecule has 1 aliphatic rings. The Hall–Kier alpha value is -3.94. The van der Waals surface area contributed by atoms with Crippen LogP contribution in [0, 0.1) is 0 Å². The van der Waals surface area contributed by atoms with Crippen LogP contribution in [0.1, 0.15) is 34.2 Å². The van der Waals surface area contributed by atoms with Crippen molar-refractivity contribution in [1.82, 2.24) is 25.1 Å². The maximum absolute atomic E-state index is 12.8. The highest BCUT2D eigenvalue weighted by Crippen LogP contribution is 2.33. The lowest BCUT2D eigenvalue weighted by Gasteiger charge is -2.24. The number of hydrogen-bond acceptors (Lipinski definition) is 6. The maximum atomic E-state index is 12.8. The van der Waals surface area contributed by atoms with Crippen LogP contribution in [0.15, 0.2) is 72.0 Å². The maximum Gasteiger partial charge on any atom is 0.255 e. The number of aromatic nitrogens is 4. The summed E-state index contributed by atoms with van der Waals surface area (Å²) in [6.07, 6.45) is 7.33. The van der Waals surface area contributed by atoms with Crippen LogP contribution in [0.25, 0.3) is 5.82 Å². The molecule has 0 aliphatic carbocycles. The van der Waals surface area contributed by atoms with Crippen LogP contribution in [0.4, 0.5) is 5.69 Å². The van der Waals surface area contributed by atoms with E-state index in [4.69, 9.17) is 4.42 Å². The number of furan rings is 1. The van der Waals surface area contributed by atoms with E-state index in [-0.39, 0.29) is 5.91 Å². The molecule has 156 valence electrons. The second-order valence-corrected chi connectivity index (χ2v) is 7.61. The molecular weight excluding hydrogens is 392 g/mol. The molecule has 31 heavy (non-hydrogen) atoms. The van der Waals surface area contributed by atoms with Crippen molar-refractivity contribution in [1.29, 1.82) is 0 Å². The summed E-state index contributed by atoms with van der Waals surface area (Å²) in [5.74, 6) is 1.18. The predicted octanol–water partition coefficient (Wildman–Crippen LogP) is 3.14. The van der Waals surface area contributed by atoms with Gasteiger partial charge in [0.25, 0.3) is 5.91 Å². The number of nitrogens with one attached hydrogen (secondary N) is 1. The highest BCUT2D eigenvalue weighted by Gasteiger charge is 2.27. The van der Waals surface area contributed by atoms with Crippen LogP contribution in [0.2, 0.25) is 0 Å². The number of carbonyl (C=O) groups is 1. The Morgan fingerprint density at radius 3 is 2.94 bits per heavy atom. The molecule has 8 heteroatoms. The van der Waals surface area contributed by atoms with Gasteiger partial charge >= 0.3 is 0 Å². The Morgan fingerprint density at radius 1 is 1.23 bits per heavy atom. The van der Waals surface area contributed by atoms with E-state index in [0.29, 0.717) is 36.3 Å². The van der Waals surface area contributed by atoms with Gasteiger partial charge in [-0.2, -0.15) is 5.10 Å². The molecule has 0 saturated heterocycles. The minimum absolute atomic E-state index is 0.163. The van der Waals surface area contributed by atoms with Gasteiger partial charge in [0, 0.05) is 24.5 Å². The van der Waals surface area contributed by atoms with Gasteiger partial charge in [-0.25, -0.2) is 14.6 Å². The van der Waals surface area contributed by atoms with Crippen molar-refractivity contribution in [2.24, 2.45) is 0 Å². The zero-order valence-electron chi connectivity index (χ0n) is 17.1. The first-order chi connectivity index (χ1) is 15.2. The summed E-state index contributed by atoms with van der Waals surface area (Å²) >= 11 is 0. The van der Waals surface area contributed by atoms with Crippen LogP contribution in [-0.2, 0) is 19.5 Å². The lowest BCUT2D eigenvalue weighted by Crippen LogP contribution is -2.30. The monoisotopic (exact) mass is 414 g/mol. The first kappa shape index (κ1) is 19.0. The SMILES string of the molecule is CC1Cc2ccccc2N1Cc1occc1C(=O)NCc1ccc(-n2cncn2)nc1. The van der Waals surface area contributed by atoms with E-state index in [1.54, 1.807) is 29.5 Å². The molecule has 1 amide bonds. The van der Waals surface area contributed by atoms with Crippen molar-refractivity contribution in [2.45, 2.75) is 32.5 Å². The van der Waals surface area contributed by atoms with E-state index in [9.17, 15) is 4.79 Å². The molecule has 8 nitrogen and oxygen atoms in total. The molecule has 1 aliphatic heterocycles. The van der Waals surface area contributed by atoms with Gasteiger partial charge in [0.2, 0.25) is 0 Å². The Labute approximate surface area is 179 Å². The molecule has 1 unspecified atom stereocenters. The number of pyridine rings is 1. The van der Waals surface area contributed by atoms with Crippen LogP contribution in [0.5, 0.6) is 0 Å². The third kappa shape index (κ3) is 3.79. The Morgan fingerprint density at radius 2 is 2.13 bits per heavy atom. The van der Waals surface area contributed by atoms with Gasteiger partial charge in [0.1, 0.15) is 18.4 Å². The fourth-order valence-corrected chi connectivity index (χ4v) is 3.95. The molecule has 5 rings (SSSR count). The lowest BCUT2D eigenvalue weighted by atomic mass is 10.1. The molecule has 0 radical (unpaired) electrons. The fraction of sp³-hybridized carbons (Fsp3) is 0.217. The molecule has 0 saturated carbocycles. The Bertz CT molecular complexity index is 1180. The molecule has 3 aromatic heterocycles. The third-order valence-electron chi connectivity index (χ3n) is 5.57. The number of nitrogens with zero attached hydrogens (tertiary/aromatic N) is 5. The summed E-state index contributed by atoms with van der Waals surface area (Å²) in [4.78, 5) is 23.4. The van der Waals surface area contributed by atoms with Gasteiger partial charge < -0.3 is 14.6 Å². The first-order valence-electron chi connectivity index (χ1n) is 10.2. The van der Waals surface area contributed by atoms with Gasteiger partial charge in [-0.15, -0.1) is 0 Å². The number of carbonyl (C=O) groups excluding carboxylic acids is 1. The minimum Gasteiger partial charge on any atom is -0.467 e. The lowest BCUT2D eigenvalue weighted by molar-refractivity contribution is 0.0949. The van der Waals surface area contributed by atoms with Crippen molar-refractivity contribution in [3.05, 3.63) is 90.0 Å². The largest absolute Gasteiger partial charge is 0.467 e. The smallest absolute Gasteiger partial charge is 0.255 e. The molecule has 1 N–H and O–H groups in total. The Kier molecular flexibility index (Phi) is 4.95. The van der Waals surface area contributed by atoms with Crippen molar-refractivity contribution >= 4 is 11.6 Å². The van der Waals surface area contributed by atoms with Gasteiger partial charge in [0.15, 0.2) is 5.82 Å². The number of benzene rings is 1. The summed E-state index contributed by atoms with van der Waals surface area (Å²) < 4.78 is 7.27. The zero-order valence-corrected chi connectivity index (χ0v) is 17.1. The highest BCUT2D eigenvalue weighted by molar-refractivity contribution is 5.95. The summed E-state index contributed by atoms with van der Waals surface area (Å²) in [6.45, 7) is 3.12. The zero-order chi connectivity index (χ0) is 21.2. The number of anilines is 1. The summed E-state index contributed by atoms with van der Waals surface area (Å²) in [6, 6.07) is 14.2. The molecule has 4 aromatic rings. The van der Waals surface area contributed by atoms with E-state index in [1.165, 1.54) is 17.6 Å². The quantitative estimate of drug-likeness (QED) is 0.521. The van der Waals surface area contributed by atoms with Gasteiger partial charge in [-0.05, 0) is 42.7 Å². The van der Waals surface area contributed by atoms with E-state index in [0.717, 1.165) is 12.0 Å². The predicted molar refractivity (Wildman–Crippen MR) is 115 cm³/mol. The van der Waals surface area contributed by atoms with Crippen LogP contribution in [-0.4, -0.2) is 31.7 Å². The number of hydrogen-bond donors (Lipinski definition) is 1. The molecule has 4 heterocycles. The van der Waals surface area contributed by atoms with Crippen molar-refractivity contribution in [2.75, 3.05) is 4.90 Å². The van der Waals surface area contributed by atoms with Crippen molar-refractivity contribution in [3.63, 3.8) is 0 Å². The van der Waals surface area contributed by atoms with Gasteiger partial charge in [-0.1, -0.05) is 24.3 Å². The number of para-hydroxylation sites is 1. The second kappa shape index (κ2) is 8.06. The average Bonchev–Trinajstić information content (AvgIpc) is 3.54. The highest BCUT2D eigenvalue weighted by atomic mass is 16.3. The van der Waals surface area contributed by atoms with E-state index < -0.39 is 0 Å². The van der Waals surface area contributed by atoms with Crippen LogP contribution < -0.4 is 10.2 Å². The molecule has 0 bridgehead atoms. The van der Waals surface area contributed by atoms with E-state index in [1.807, 2.05) is 18.2 Å². The molecule has 1 atom stereocenters. The molecule has 0 fully saturated rings. The van der Waals surface area contributed by atoms with Crippen LogP contribution >= 0.6 is 0 Å². The van der Waals surface area contributed by atoms with Gasteiger partial charge in [0.05, 0.1) is 18.4 Å². The first-order valence-corrected chi connectivity index (χ1v) is 10.2. The average molecular weight is 414 g/mol. The van der Waals surface area contributed by atoms with E-state index >= 15 is 0 Å². The second-order valence-electron chi connectivity index (χ2n) is 7.61. The third-order valence-corrected chi connectivity index (χ3v) is 5.57. The normalized spacial score (nSPS) is 15.1. The molecular formula is C23H22N6O2. The number of rotatable bonds is 6. The van der Waals surface area contributed by atoms with Crippen LogP contribution in [0.3, 0.4) is 0 Å². The topological polar surface area (TPSA) is 89.1 Å². The number of fused-ring (bicyclic) bond motifs is 1. The summed E-state index contributed by atoms with van der Waals surface area (Å²) in [5.41, 5.74) is 3.99. The standard InChI is InChI=1S/C23H22N6O2/c1-16-10-18-4-2-3-5-20(18)28(16)13-21-19(8-9-31-21)23(30)26-12-17-6-7-22(25-11-17)29-15-24-14-27-29/h2-9,11,14-16H,10,12-13H2,1H3,(H,26,30). The summed E-state index contributed by atoms with van der Waals surface area (Å²) in [5, 5.41) is 7.01. The molecule has 0 spiro atoms. The van der Waals surface area contributed by atoms with E-state index in [2.05, 4.69) is 50.4 Å². The van der Waals surface area contributed by atoms with Crippen molar-refractivity contribution in [3.8, 4) is 5.82 Å². The van der Waals surface area contributed by atoms with Gasteiger partial charge in [-0.3, -0.25) is 4.79 Å². The van der Waals surface area contributed by atoms with Crippen molar-refractivity contribution < 1.29 is 9.21 Å². The fourth-order valence-electron chi connectivity index (χ4n) is 3.95. The molecule has 1 aromatic carbocycles.